The van der Waals surface area contributed by atoms with Gasteiger partial charge >= 0.3 is 0 Å². The maximum absolute atomic E-state index is 6.60. The van der Waals surface area contributed by atoms with E-state index in [-0.39, 0.29) is 0 Å². The fraction of sp³-hybridized carbons (Fsp3) is 0.111. The van der Waals surface area contributed by atoms with Crippen LogP contribution in [-0.4, -0.2) is 4.58 Å². The van der Waals surface area contributed by atoms with Crippen LogP contribution in [0.25, 0.3) is 0 Å². The van der Waals surface area contributed by atoms with Crippen LogP contribution in [0.1, 0.15) is 6.42 Å². The molecule has 0 heterocycles. The van der Waals surface area contributed by atoms with Gasteiger partial charge in [0.1, 0.15) is 17.9 Å². The summed E-state index contributed by atoms with van der Waals surface area (Å²) < 4.78 is -0.451. The fourth-order valence-corrected chi connectivity index (χ4v) is 8.62. The minimum Gasteiger partial charge on any atom is -0.0766 e. The van der Waals surface area contributed by atoms with Gasteiger partial charge in [-0.2, -0.15) is 0 Å². The Balaban J connectivity index is 2.27. The number of alkyl halides is 2. The van der Waals surface area contributed by atoms with Crippen molar-refractivity contribution in [3.8, 4) is 0 Å². The van der Waals surface area contributed by atoms with Crippen LogP contribution < -0.4 is 10.6 Å². The van der Waals surface area contributed by atoms with Crippen molar-refractivity contribution in [2.75, 3.05) is 0 Å². The Morgan fingerprint density at radius 2 is 1.33 bits per heavy atom. The van der Waals surface area contributed by atoms with Gasteiger partial charge in [-0.3, -0.25) is 0 Å². The second-order valence-corrected chi connectivity index (χ2v) is 10.2. The summed E-state index contributed by atoms with van der Waals surface area (Å²) in [5, 5.41) is 3.82. The predicted molar refractivity (Wildman–Crippen MR) is 96.4 cm³/mol. The van der Waals surface area contributed by atoms with Crippen molar-refractivity contribution < 1.29 is 0 Å². The lowest BCUT2D eigenvalue weighted by molar-refractivity contribution is 1.39. The van der Waals surface area contributed by atoms with Crippen molar-refractivity contribution in [1.82, 2.24) is 0 Å². The topological polar surface area (TPSA) is 0 Å². The van der Waals surface area contributed by atoms with Crippen LogP contribution in [0, 0.1) is 0 Å². The van der Waals surface area contributed by atoms with Gasteiger partial charge in [-0.05, 0) is 30.3 Å². The van der Waals surface area contributed by atoms with Crippen molar-refractivity contribution in [2.45, 2.75) is 11.0 Å². The van der Waals surface area contributed by atoms with Crippen LogP contribution in [-0.2, 0) is 0 Å². The Morgan fingerprint density at radius 1 is 0.810 bits per heavy atom. The number of halogens is 2. The first kappa shape index (κ1) is 14.9. The van der Waals surface area contributed by atoms with E-state index in [1.54, 1.807) is 0 Å². The second kappa shape index (κ2) is 6.36. The van der Waals surface area contributed by atoms with Gasteiger partial charge in [0.05, 0.1) is 5.31 Å². The van der Waals surface area contributed by atoms with Crippen LogP contribution in [0.2, 0.25) is 0 Å². The van der Waals surface area contributed by atoms with Crippen LogP contribution in [0.15, 0.2) is 84.2 Å². The zero-order valence-corrected chi connectivity index (χ0v) is 13.9. The molecule has 0 saturated carbocycles. The van der Waals surface area contributed by atoms with Crippen molar-refractivity contribution in [2.24, 2.45) is 0 Å². The van der Waals surface area contributed by atoms with E-state index in [9.17, 15) is 0 Å². The molecule has 3 rings (SSSR count). The van der Waals surface area contributed by atoms with E-state index in [1.807, 2.05) is 12.1 Å². The second-order valence-electron chi connectivity index (χ2n) is 4.96. The van der Waals surface area contributed by atoms with Gasteiger partial charge in [-0.1, -0.05) is 71.8 Å². The number of allylic oxidation sites excluding steroid dienone is 4. The van der Waals surface area contributed by atoms with E-state index in [0.717, 1.165) is 6.42 Å². The monoisotopic (exact) mass is 333 g/mol. The molecule has 106 valence electrons. The van der Waals surface area contributed by atoms with Crippen LogP contribution >= 0.6 is 30.5 Å². The Hall–Kier alpha value is -1.07. The van der Waals surface area contributed by atoms with E-state index in [1.165, 1.54) is 15.9 Å². The maximum atomic E-state index is 6.60. The molecule has 2 aromatic rings. The summed E-state index contributed by atoms with van der Waals surface area (Å²) in [5.74, 6) is 0. The highest BCUT2D eigenvalue weighted by atomic mass is 35.5. The summed E-state index contributed by atoms with van der Waals surface area (Å²) in [6.45, 7) is 0. The van der Waals surface area contributed by atoms with Crippen molar-refractivity contribution in [3.63, 3.8) is 0 Å². The molecule has 0 atom stereocenters. The highest BCUT2D eigenvalue weighted by Gasteiger charge is 2.52. The lowest BCUT2D eigenvalue weighted by Crippen LogP contribution is -2.27. The van der Waals surface area contributed by atoms with Gasteiger partial charge in [0, 0.05) is 6.42 Å². The van der Waals surface area contributed by atoms with Gasteiger partial charge in [0.25, 0.3) is 0 Å². The van der Waals surface area contributed by atoms with Gasteiger partial charge in [0.2, 0.25) is 4.58 Å². The number of benzene rings is 2. The average Bonchev–Trinajstić information content (AvgIpc) is 3.04. The first-order valence-electron chi connectivity index (χ1n) is 6.90. The lowest BCUT2D eigenvalue weighted by atomic mass is 10.4. The molecule has 3 heteroatoms. The van der Waals surface area contributed by atoms with Gasteiger partial charge in [-0.25, -0.2) is 0 Å². The lowest BCUT2D eigenvalue weighted by Gasteiger charge is -2.29. The largest absolute Gasteiger partial charge is 0.229 e. The van der Waals surface area contributed by atoms with Gasteiger partial charge in [0.15, 0.2) is 0 Å². The standard InChI is InChI=1S/C18H16Cl2P/c19-18(20)21(17-13-7-8-14-17,15-9-3-1-4-10-15)16-11-5-2-6-12-16/h1-13,18H,14H2/q+1. The molecule has 0 unspecified atom stereocenters. The maximum Gasteiger partial charge on any atom is 0.229 e. The van der Waals surface area contributed by atoms with E-state index < -0.39 is 11.8 Å². The van der Waals surface area contributed by atoms with Crippen molar-refractivity contribution >= 4 is 41.1 Å². The summed E-state index contributed by atoms with van der Waals surface area (Å²) in [6.07, 6.45) is 7.39. The van der Waals surface area contributed by atoms with E-state index in [4.69, 9.17) is 23.2 Å². The molecule has 21 heavy (non-hydrogen) atoms. The molecule has 0 fully saturated rings. The third-order valence-electron chi connectivity index (χ3n) is 3.82. The molecular weight excluding hydrogens is 318 g/mol. The number of hydrogen-bond acceptors (Lipinski definition) is 0. The van der Waals surface area contributed by atoms with E-state index in [2.05, 4.69) is 66.8 Å². The predicted octanol–water partition coefficient (Wildman–Crippen LogP) is 5.26. The molecule has 0 nitrogen and oxygen atoms in total. The molecule has 0 N–H and O–H groups in total. The molecular formula is C18H16Cl2P+. The Bertz CT molecular complexity index is 621. The molecule has 0 amide bonds. The molecule has 1 aliphatic rings. The summed E-state index contributed by atoms with van der Waals surface area (Å²) in [5.41, 5.74) is 0. The smallest absolute Gasteiger partial charge is 0.0766 e. The van der Waals surface area contributed by atoms with Crippen molar-refractivity contribution in [1.29, 1.82) is 0 Å². The molecule has 0 bridgehead atoms. The van der Waals surface area contributed by atoms with Crippen LogP contribution in [0.3, 0.4) is 0 Å². The third-order valence-corrected chi connectivity index (χ3v) is 9.63. The van der Waals surface area contributed by atoms with Crippen molar-refractivity contribution in [3.05, 3.63) is 84.2 Å². The fourth-order valence-electron chi connectivity index (χ4n) is 2.86. The normalized spacial score (nSPS) is 14.5. The quantitative estimate of drug-likeness (QED) is 0.528. The van der Waals surface area contributed by atoms with Crippen LogP contribution in [0.4, 0.5) is 0 Å². The molecule has 0 radical (unpaired) electrons. The summed E-state index contributed by atoms with van der Waals surface area (Å²) in [4.78, 5) is 0. The molecule has 0 spiro atoms. The summed E-state index contributed by atoms with van der Waals surface area (Å²) >= 11 is 13.2. The molecule has 0 aliphatic heterocycles. The number of rotatable bonds is 4. The first-order chi connectivity index (χ1) is 10.3. The minimum absolute atomic E-state index is 0.451. The first-order valence-corrected chi connectivity index (χ1v) is 9.63. The Labute approximate surface area is 136 Å². The van der Waals surface area contributed by atoms with Gasteiger partial charge in [-0.15, -0.1) is 0 Å². The van der Waals surface area contributed by atoms with E-state index in [0.29, 0.717) is 0 Å². The third kappa shape index (κ3) is 2.57. The van der Waals surface area contributed by atoms with Crippen LogP contribution in [0.5, 0.6) is 0 Å². The summed E-state index contributed by atoms with van der Waals surface area (Å²) in [7, 11) is -1.99. The summed E-state index contributed by atoms with van der Waals surface area (Å²) in [6, 6.07) is 20.9. The highest BCUT2D eigenvalue weighted by molar-refractivity contribution is 7.95. The zero-order valence-electron chi connectivity index (χ0n) is 11.5. The Morgan fingerprint density at radius 3 is 1.71 bits per heavy atom. The highest BCUT2D eigenvalue weighted by Crippen LogP contribution is 2.71. The number of hydrogen-bond donors (Lipinski definition) is 0. The zero-order chi connectivity index (χ0) is 14.7. The molecule has 1 aliphatic carbocycles. The molecule has 2 aromatic carbocycles. The van der Waals surface area contributed by atoms with E-state index >= 15 is 0 Å². The SMILES string of the molecule is ClC(Cl)[P+](C1=CC=CC1)(c1ccccc1)c1ccccc1. The molecule has 0 saturated heterocycles. The van der Waals surface area contributed by atoms with Gasteiger partial charge < -0.3 is 0 Å². The average molecular weight is 334 g/mol. The minimum atomic E-state index is -1.99. The Kier molecular flexibility index (Phi) is 4.50. The molecule has 0 aromatic heterocycles.